The molecule has 0 aromatic heterocycles. The highest BCUT2D eigenvalue weighted by Gasteiger charge is 2.18. The number of amides is 1. The first-order valence-corrected chi connectivity index (χ1v) is 8.18. The molecule has 3 rings (SSSR count). The Hall–Kier alpha value is -1.81. The highest BCUT2D eigenvalue weighted by atomic mass is 79.9. The number of likely N-dealkylation sites (tertiary alicyclic amines) is 1. The van der Waals surface area contributed by atoms with Crippen molar-refractivity contribution in [3.05, 3.63) is 53.0 Å². The van der Waals surface area contributed by atoms with Crippen LogP contribution in [0.2, 0.25) is 0 Å². The molecule has 1 amide bonds. The first-order valence-electron chi connectivity index (χ1n) is 7.38. The monoisotopic (exact) mass is 359 g/mol. The smallest absolute Gasteiger partial charge is 0.260 e. The lowest BCUT2D eigenvalue weighted by molar-refractivity contribution is -0.133. The van der Waals surface area contributed by atoms with Crippen LogP contribution in [0.15, 0.2) is 53.0 Å². The van der Waals surface area contributed by atoms with Crippen LogP contribution in [0.5, 0.6) is 5.75 Å². The molecule has 1 saturated heterocycles. The number of hydrogen-bond acceptors (Lipinski definition) is 2. The van der Waals surface area contributed by atoms with Crippen molar-refractivity contribution in [1.82, 2.24) is 4.90 Å². The van der Waals surface area contributed by atoms with Crippen LogP contribution in [0, 0.1) is 0 Å². The molecule has 1 heterocycles. The molecule has 1 aliphatic rings. The highest BCUT2D eigenvalue weighted by molar-refractivity contribution is 9.10. The van der Waals surface area contributed by atoms with Crippen LogP contribution in [0.3, 0.4) is 0 Å². The van der Waals surface area contributed by atoms with Crippen LogP contribution >= 0.6 is 15.9 Å². The largest absolute Gasteiger partial charge is 0.484 e. The molecule has 1 fully saturated rings. The van der Waals surface area contributed by atoms with Crippen LogP contribution in [0.4, 0.5) is 0 Å². The number of rotatable bonds is 3. The summed E-state index contributed by atoms with van der Waals surface area (Å²) in [6, 6.07) is 12.0. The Morgan fingerprint density at radius 2 is 1.82 bits per heavy atom. The number of piperidine rings is 1. The number of ether oxygens (including phenoxy) is 1. The summed E-state index contributed by atoms with van der Waals surface area (Å²) in [5, 5.41) is 2.24. The van der Waals surface area contributed by atoms with Crippen molar-refractivity contribution in [2.24, 2.45) is 0 Å². The SMILES string of the molecule is C=C1CCN(C(=O)COc2ccc3cc(Br)ccc3c2)CC1. The second-order valence-electron chi connectivity index (χ2n) is 5.57. The Morgan fingerprint density at radius 1 is 1.14 bits per heavy atom. The molecule has 2 aromatic rings. The quantitative estimate of drug-likeness (QED) is 0.770. The number of hydrogen-bond donors (Lipinski definition) is 0. The summed E-state index contributed by atoms with van der Waals surface area (Å²) in [5.41, 5.74) is 1.23. The molecule has 0 radical (unpaired) electrons. The van der Waals surface area contributed by atoms with Gasteiger partial charge in [-0.3, -0.25) is 4.79 Å². The maximum absolute atomic E-state index is 12.2. The molecule has 2 aromatic carbocycles. The molecule has 22 heavy (non-hydrogen) atoms. The van der Waals surface area contributed by atoms with E-state index in [9.17, 15) is 4.79 Å². The Kier molecular flexibility index (Phi) is 4.48. The third-order valence-corrected chi connectivity index (χ3v) is 4.45. The molecule has 0 aliphatic carbocycles. The van der Waals surface area contributed by atoms with Crippen molar-refractivity contribution in [1.29, 1.82) is 0 Å². The van der Waals surface area contributed by atoms with E-state index in [1.54, 1.807) is 0 Å². The second kappa shape index (κ2) is 6.53. The number of fused-ring (bicyclic) bond motifs is 1. The fourth-order valence-electron chi connectivity index (χ4n) is 2.59. The van der Waals surface area contributed by atoms with Crippen molar-refractivity contribution < 1.29 is 9.53 Å². The summed E-state index contributed by atoms with van der Waals surface area (Å²) in [4.78, 5) is 14.0. The van der Waals surface area contributed by atoms with Gasteiger partial charge in [0.25, 0.3) is 5.91 Å². The second-order valence-corrected chi connectivity index (χ2v) is 6.49. The summed E-state index contributed by atoms with van der Waals surface area (Å²) in [5.74, 6) is 0.771. The van der Waals surface area contributed by atoms with Crippen LogP contribution in [0.1, 0.15) is 12.8 Å². The van der Waals surface area contributed by atoms with Gasteiger partial charge >= 0.3 is 0 Å². The molecule has 0 N–H and O–H groups in total. The summed E-state index contributed by atoms with van der Waals surface area (Å²) in [6.45, 7) is 5.57. The van der Waals surface area contributed by atoms with Gasteiger partial charge in [0, 0.05) is 17.6 Å². The lowest BCUT2D eigenvalue weighted by atomic mass is 10.1. The van der Waals surface area contributed by atoms with E-state index in [-0.39, 0.29) is 12.5 Å². The van der Waals surface area contributed by atoms with E-state index < -0.39 is 0 Å². The van der Waals surface area contributed by atoms with Gasteiger partial charge in [0.05, 0.1) is 0 Å². The molecule has 0 bridgehead atoms. The molecule has 0 unspecified atom stereocenters. The summed E-state index contributed by atoms with van der Waals surface area (Å²) in [7, 11) is 0. The molecule has 1 aliphatic heterocycles. The van der Waals surface area contributed by atoms with Gasteiger partial charge in [-0.05, 0) is 47.9 Å². The zero-order valence-corrected chi connectivity index (χ0v) is 13.9. The Morgan fingerprint density at radius 3 is 2.59 bits per heavy atom. The van der Waals surface area contributed by atoms with Gasteiger partial charge in [0.2, 0.25) is 0 Å². The molecule has 114 valence electrons. The number of carbonyl (C=O) groups is 1. The third kappa shape index (κ3) is 3.50. The molecular weight excluding hydrogens is 342 g/mol. The van der Waals surface area contributed by atoms with E-state index in [1.807, 2.05) is 35.2 Å². The van der Waals surface area contributed by atoms with Gasteiger partial charge in [-0.15, -0.1) is 0 Å². The lowest BCUT2D eigenvalue weighted by Crippen LogP contribution is -2.39. The van der Waals surface area contributed by atoms with Gasteiger partial charge in [0.15, 0.2) is 6.61 Å². The maximum atomic E-state index is 12.2. The van der Waals surface area contributed by atoms with Crippen LogP contribution < -0.4 is 4.74 Å². The standard InChI is InChI=1S/C18H18BrNO2/c1-13-6-8-20(9-7-13)18(21)12-22-17-5-3-14-10-16(19)4-2-15(14)11-17/h2-5,10-11H,1,6-9,12H2. The maximum Gasteiger partial charge on any atom is 0.260 e. The van der Waals surface area contributed by atoms with Crippen molar-refractivity contribution >= 4 is 32.6 Å². The van der Waals surface area contributed by atoms with Crippen molar-refractivity contribution in [2.75, 3.05) is 19.7 Å². The van der Waals surface area contributed by atoms with E-state index in [1.165, 1.54) is 5.57 Å². The minimum absolute atomic E-state index is 0.0448. The zero-order chi connectivity index (χ0) is 15.5. The van der Waals surface area contributed by atoms with Gasteiger partial charge < -0.3 is 9.64 Å². The van der Waals surface area contributed by atoms with Crippen LogP contribution in [0.25, 0.3) is 10.8 Å². The lowest BCUT2D eigenvalue weighted by Gasteiger charge is -2.27. The number of nitrogens with zero attached hydrogens (tertiary/aromatic N) is 1. The molecule has 4 heteroatoms. The number of carbonyl (C=O) groups excluding carboxylic acids is 1. The predicted molar refractivity (Wildman–Crippen MR) is 92.1 cm³/mol. The van der Waals surface area contributed by atoms with Crippen molar-refractivity contribution in [2.45, 2.75) is 12.8 Å². The van der Waals surface area contributed by atoms with E-state index in [4.69, 9.17) is 4.74 Å². The van der Waals surface area contributed by atoms with Crippen molar-refractivity contribution in [3.8, 4) is 5.75 Å². The Balaban J connectivity index is 1.62. The number of benzene rings is 2. The first kappa shape index (κ1) is 15.1. The molecule has 0 spiro atoms. The average molecular weight is 360 g/mol. The fraction of sp³-hybridized carbons (Fsp3) is 0.278. The summed E-state index contributed by atoms with van der Waals surface area (Å²) in [6.07, 6.45) is 1.80. The van der Waals surface area contributed by atoms with E-state index in [0.29, 0.717) is 0 Å². The van der Waals surface area contributed by atoms with Crippen LogP contribution in [-0.2, 0) is 4.79 Å². The van der Waals surface area contributed by atoms with E-state index >= 15 is 0 Å². The van der Waals surface area contributed by atoms with Gasteiger partial charge in [-0.25, -0.2) is 0 Å². The molecule has 3 nitrogen and oxygen atoms in total. The topological polar surface area (TPSA) is 29.5 Å². The Bertz CT molecular complexity index is 716. The normalized spacial score (nSPS) is 15.1. The highest BCUT2D eigenvalue weighted by Crippen LogP contribution is 2.24. The minimum atomic E-state index is 0.0448. The van der Waals surface area contributed by atoms with Gasteiger partial charge in [0.1, 0.15) is 5.75 Å². The molecular formula is C18H18BrNO2. The fourth-order valence-corrected chi connectivity index (χ4v) is 2.97. The summed E-state index contributed by atoms with van der Waals surface area (Å²) < 4.78 is 6.71. The molecule has 0 atom stereocenters. The predicted octanol–water partition coefficient (Wildman–Crippen LogP) is 4.16. The minimum Gasteiger partial charge on any atom is -0.484 e. The van der Waals surface area contributed by atoms with Crippen LogP contribution in [-0.4, -0.2) is 30.5 Å². The van der Waals surface area contributed by atoms with Gasteiger partial charge in [-0.1, -0.05) is 40.2 Å². The summed E-state index contributed by atoms with van der Waals surface area (Å²) >= 11 is 3.46. The number of halogens is 1. The molecule has 0 saturated carbocycles. The van der Waals surface area contributed by atoms with Gasteiger partial charge in [-0.2, -0.15) is 0 Å². The average Bonchev–Trinajstić information content (AvgIpc) is 2.53. The first-order chi connectivity index (χ1) is 10.6. The van der Waals surface area contributed by atoms with E-state index in [2.05, 4.69) is 28.6 Å². The Labute approximate surface area is 138 Å². The zero-order valence-electron chi connectivity index (χ0n) is 12.3. The third-order valence-electron chi connectivity index (χ3n) is 3.96. The van der Waals surface area contributed by atoms with Crippen molar-refractivity contribution in [3.63, 3.8) is 0 Å². The van der Waals surface area contributed by atoms with E-state index in [0.717, 1.165) is 46.9 Å².